The molecule has 2 amide bonds. The highest BCUT2D eigenvalue weighted by atomic mass is 32.1. The van der Waals surface area contributed by atoms with E-state index in [1.165, 1.54) is 38.5 Å². The molecule has 3 heterocycles. The summed E-state index contributed by atoms with van der Waals surface area (Å²) in [6.45, 7) is 1.53. The molecular weight excluding hydrogens is 384 g/mol. The average Bonchev–Trinajstić information content (AvgIpc) is 3.38. The first-order valence-electron chi connectivity index (χ1n) is 11.1. The number of nitrogens with one attached hydrogen (secondary N) is 1. The number of piperidine rings is 1. The standard InChI is InChI=1S/C22H28N4O2S/c27-21(23-22-10-14-7-15(11-22)9-16(8-14)12-22)26-4-1-17(2-5-26)19-24-25-20(28-19)18-3-6-29-13-18/h3,6,13-17H,1-2,4-5,7-12H2,(H,23,27). The molecule has 1 aliphatic heterocycles. The van der Waals surface area contributed by atoms with Crippen molar-refractivity contribution in [2.45, 2.75) is 62.8 Å². The van der Waals surface area contributed by atoms with Gasteiger partial charge in [-0.25, -0.2) is 4.79 Å². The normalized spacial score (nSPS) is 33.9. The number of amides is 2. The van der Waals surface area contributed by atoms with Crippen molar-refractivity contribution in [3.63, 3.8) is 0 Å². The van der Waals surface area contributed by atoms with Gasteiger partial charge in [-0.3, -0.25) is 0 Å². The number of carbonyl (C=O) groups excluding carboxylic acids is 1. The molecule has 0 atom stereocenters. The molecule has 29 heavy (non-hydrogen) atoms. The van der Waals surface area contributed by atoms with E-state index >= 15 is 0 Å². The molecule has 7 rings (SSSR count). The van der Waals surface area contributed by atoms with Crippen LogP contribution in [0.25, 0.3) is 11.5 Å². The maximum absolute atomic E-state index is 13.0. The molecule has 0 aromatic carbocycles. The van der Waals surface area contributed by atoms with E-state index in [-0.39, 0.29) is 17.5 Å². The second kappa shape index (κ2) is 6.83. The maximum Gasteiger partial charge on any atom is 0.317 e. The summed E-state index contributed by atoms with van der Waals surface area (Å²) in [6.07, 6.45) is 9.59. The van der Waals surface area contributed by atoms with Gasteiger partial charge < -0.3 is 14.6 Å². The lowest BCUT2D eigenvalue weighted by atomic mass is 9.53. The number of rotatable bonds is 3. The van der Waals surface area contributed by atoms with Crippen LogP contribution in [0.15, 0.2) is 21.2 Å². The number of likely N-dealkylation sites (tertiary alicyclic amines) is 1. The molecular formula is C22H28N4O2S. The molecule has 7 heteroatoms. The van der Waals surface area contributed by atoms with E-state index in [2.05, 4.69) is 15.5 Å². The topological polar surface area (TPSA) is 71.3 Å². The van der Waals surface area contributed by atoms with Gasteiger partial charge in [0.15, 0.2) is 0 Å². The zero-order valence-electron chi connectivity index (χ0n) is 16.7. The summed E-state index contributed by atoms with van der Waals surface area (Å²) >= 11 is 1.63. The molecule has 6 nitrogen and oxygen atoms in total. The van der Waals surface area contributed by atoms with E-state index in [9.17, 15) is 4.79 Å². The van der Waals surface area contributed by atoms with Crippen molar-refractivity contribution in [2.24, 2.45) is 17.8 Å². The van der Waals surface area contributed by atoms with Crippen LogP contribution in [0.5, 0.6) is 0 Å². The van der Waals surface area contributed by atoms with Gasteiger partial charge in [0.05, 0.1) is 0 Å². The van der Waals surface area contributed by atoms with Crippen molar-refractivity contribution in [1.82, 2.24) is 20.4 Å². The molecule has 1 N–H and O–H groups in total. The summed E-state index contributed by atoms with van der Waals surface area (Å²) in [7, 11) is 0. The van der Waals surface area contributed by atoms with Gasteiger partial charge in [-0.1, -0.05) is 0 Å². The van der Waals surface area contributed by atoms with Crippen LogP contribution in [-0.2, 0) is 0 Å². The second-order valence-corrected chi connectivity index (χ2v) is 10.6. The lowest BCUT2D eigenvalue weighted by molar-refractivity contribution is -0.0160. The van der Waals surface area contributed by atoms with Crippen molar-refractivity contribution in [1.29, 1.82) is 0 Å². The number of hydrogen-bond donors (Lipinski definition) is 1. The summed E-state index contributed by atoms with van der Waals surface area (Å²) in [6, 6.07) is 2.15. The van der Waals surface area contributed by atoms with Gasteiger partial charge in [0, 0.05) is 35.5 Å². The van der Waals surface area contributed by atoms with Gasteiger partial charge >= 0.3 is 6.03 Å². The predicted molar refractivity (Wildman–Crippen MR) is 111 cm³/mol. The molecule has 4 bridgehead atoms. The molecule has 1 saturated heterocycles. The van der Waals surface area contributed by atoms with Crippen LogP contribution in [0.1, 0.15) is 63.2 Å². The second-order valence-electron chi connectivity index (χ2n) is 9.85. The Hall–Kier alpha value is -1.89. The highest BCUT2D eigenvalue weighted by Crippen LogP contribution is 2.55. The Morgan fingerprint density at radius 2 is 1.79 bits per heavy atom. The van der Waals surface area contributed by atoms with Gasteiger partial charge in [0.25, 0.3) is 0 Å². The van der Waals surface area contributed by atoms with Gasteiger partial charge in [-0.15, -0.1) is 10.2 Å². The van der Waals surface area contributed by atoms with Crippen LogP contribution in [-0.4, -0.2) is 39.8 Å². The summed E-state index contributed by atoms with van der Waals surface area (Å²) < 4.78 is 5.92. The van der Waals surface area contributed by atoms with Gasteiger partial charge in [-0.2, -0.15) is 11.3 Å². The molecule has 4 aliphatic carbocycles. The highest BCUT2D eigenvalue weighted by molar-refractivity contribution is 7.08. The van der Waals surface area contributed by atoms with Gasteiger partial charge in [0.2, 0.25) is 11.8 Å². The number of thiophene rings is 1. The first kappa shape index (κ1) is 17.9. The zero-order chi connectivity index (χ0) is 19.4. The Kier molecular flexibility index (Phi) is 4.22. The Morgan fingerprint density at radius 1 is 1.10 bits per heavy atom. The Balaban J connectivity index is 1.07. The van der Waals surface area contributed by atoms with Crippen molar-refractivity contribution < 1.29 is 9.21 Å². The predicted octanol–water partition coefficient (Wildman–Crippen LogP) is 4.66. The highest BCUT2D eigenvalue weighted by Gasteiger charge is 2.51. The fourth-order valence-electron chi connectivity index (χ4n) is 6.80. The molecule has 4 saturated carbocycles. The largest absolute Gasteiger partial charge is 0.420 e. The molecule has 2 aromatic rings. The van der Waals surface area contributed by atoms with Crippen LogP contribution < -0.4 is 5.32 Å². The average molecular weight is 413 g/mol. The first-order valence-corrected chi connectivity index (χ1v) is 12.0. The lowest BCUT2D eigenvalue weighted by Gasteiger charge is -2.57. The molecule has 0 unspecified atom stereocenters. The Morgan fingerprint density at radius 3 is 2.41 bits per heavy atom. The van der Waals surface area contributed by atoms with Crippen molar-refractivity contribution in [3.05, 3.63) is 22.7 Å². The van der Waals surface area contributed by atoms with Gasteiger partial charge in [-0.05, 0) is 80.6 Å². The van der Waals surface area contributed by atoms with E-state index in [1.54, 1.807) is 11.3 Å². The lowest BCUT2D eigenvalue weighted by Crippen LogP contribution is -2.62. The number of aromatic nitrogens is 2. The van der Waals surface area contributed by atoms with Crippen LogP contribution >= 0.6 is 11.3 Å². The van der Waals surface area contributed by atoms with E-state index < -0.39 is 0 Å². The van der Waals surface area contributed by atoms with Crippen LogP contribution in [0.2, 0.25) is 0 Å². The van der Waals surface area contributed by atoms with E-state index in [0.29, 0.717) is 11.8 Å². The number of carbonyl (C=O) groups is 1. The Labute approximate surface area is 175 Å². The summed E-state index contributed by atoms with van der Waals surface area (Å²) in [5, 5.41) is 16.0. The molecule has 0 radical (unpaired) electrons. The Bertz CT molecular complexity index is 849. The van der Waals surface area contributed by atoms with Crippen LogP contribution in [0.3, 0.4) is 0 Å². The smallest absolute Gasteiger partial charge is 0.317 e. The van der Waals surface area contributed by atoms with Crippen LogP contribution in [0.4, 0.5) is 4.79 Å². The van der Waals surface area contributed by atoms with E-state index in [0.717, 1.165) is 49.2 Å². The minimum absolute atomic E-state index is 0.0879. The monoisotopic (exact) mass is 412 g/mol. The third kappa shape index (κ3) is 3.27. The molecule has 154 valence electrons. The summed E-state index contributed by atoms with van der Waals surface area (Å²) in [4.78, 5) is 15.1. The quantitative estimate of drug-likeness (QED) is 0.796. The third-order valence-corrected chi connectivity index (χ3v) is 8.43. The van der Waals surface area contributed by atoms with Crippen LogP contribution in [0, 0.1) is 17.8 Å². The SMILES string of the molecule is O=C(NC12CC3CC(CC(C3)C1)C2)N1CCC(c2nnc(-c3ccsc3)o2)CC1. The first-order chi connectivity index (χ1) is 14.2. The maximum atomic E-state index is 13.0. The van der Waals surface area contributed by atoms with Gasteiger partial charge in [0.1, 0.15) is 0 Å². The van der Waals surface area contributed by atoms with E-state index in [4.69, 9.17) is 4.42 Å². The summed E-state index contributed by atoms with van der Waals surface area (Å²) in [5.74, 6) is 4.11. The number of urea groups is 1. The minimum Gasteiger partial charge on any atom is -0.420 e. The number of hydrogen-bond acceptors (Lipinski definition) is 5. The molecule has 5 aliphatic rings. The zero-order valence-corrected chi connectivity index (χ0v) is 17.5. The molecule has 5 fully saturated rings. The third-order valence-electron chi connectivity index (χ3n) is 7.75. The van der Waals surface area contributed by atoms with E-state index in [1.807, 2.05) is 21.7 Å². The molecule has 0 spiro atoms. The summed E-state index contributed by atoms with van der Waals surface area (Å²) in [5.41, 5.74) is 1.08. The number of nitrogens with zero attached hydrogens (tertiary/aromatic N) is 3. The minimum atomic E-state index is 0.0879. The fourth-order valence-corrected chi connectivity index (χ4v) is 7.43. The van der Waals surface area contributed by atoms with Crippen molar-refractivity contribution in [3.8, 4) is 11.5 Å². The fraction of sp³-hybridized carbons (Fsp3) is 0.682. The van der Waals surface area contributed by atoms with Crippen molar-refractivity contribution >= 4 is 17.4 Å². The molecule has 2 aromatic heterocycles. The van der Waals surface area contributed by atoms with Crippen molar-refractivity contribution in [2.75, 3.05) is 13.1 Å².